The van der Waals surface area contributed by atoms with Gasteiger partial charge in [-0.2, -0.15) is 5.10 Å². The lowest BCUT2D eigenvalue weighted by Gasteiger charge is -2.35. The van der Waals surface area contributed by atoms with Crippen molar-refractivity contribution in [1.82, 2.24) is 14.7 Å². The highest BCUT2D eigenvalue weighted by molar-refractivity contribution is 6.31. The zero-order valence-corrected chi connectivity index (χ0v) is 22.2. The predicted molar refractivity (Wildman–Crippen MR) is 151 cm³/mol. The highest BCUT2D eigenvalue weighted by Crippen LogP contribution is 2.30. The van der Waals surface area contributed by atoms with Gasteiger partial charge in [0.1, 0.15) is 5.82 Å². The second kappa shape index (κ2) is 11.7. The average Bonchev–Trinajstić information content (AvgIpc) is 3.45. The molecule has 2 heterocycles. The van der Waals surface area contributed by atoms with Crippen LogP contribution in [0, 0.1) is 5.82 Å². The van der Waals surface area contributed by atoms with Gasteiger partial charge in [-0.05, 0) is 67.2 Å². The topological polar surface area (TPSA) is 82.5 Å². The van der Waals surface area contributed by atoms with Crippen LogP contribution >= 0.6 is 11.6 Å². The van der Waals surface area contributed by atoms with Crippen LogP contribution in [0.1, 0.15) is 26.3 Å². The molecule has 2 N–H and O–H groups in total. The summed E-state index contributed by atoms with van der Waals surface area (Å²) in [6.07, 6.45) is 3.62. The molecule has 200 valence electrons. The van der Waals surface area contributed by atoms with Crippen molar-refractivity contribution in [3.63, 3.8) is 0 Å². The number of likely N-dealkylation sites (N-methyl/N-ethyl adjacent to an activating group) is 1. The van der Waals surface area contributed by atoms with E-state index < -0.39 is 11.7 Å². The minimum atomic E-state index is -0.598. The minimum Gasteiger partial charge on any atom is -0.367 e. The van der Waals surface area contributed by atoms with Gasteiger partial charge in [0.2, 0.25) is 0 Å². The molecule has 5 rings (SSSR count). The zero-order valence-electron chi connectivity index (χ0n) is 21.4. The van der Waals surface area contributed by atoms with E-state index in [2.05, 4.69) is 32.6 Å². The van der Waals surface area contributed by atoms with E-state index in [0.29, 0.717) is 23.5 Å². The van der Waals surface area contributed by atoms with Crippen molar-refractivity contribution in [1.29, 1.82) is 0 Å². The number of hydrogen-bond acceptors (Lipinski definition) is 5. The van der Waals surface area contributed by atoms with Crippen LogP contribution in [0.25, 0.3) is 0 Å². The summed E-state index contributed by atoms with van der Waals surface area (Å²) in [7, 11) is 2.07. The minimum absolute atomic E-state index is 0.134. The SMILES string of the molecule is CN1CCN(c2ccc(C(=O)Nc3ccc(Cn4cccn4)cc3)cc2NC(=O)c2ccc(F)c(Cl)c2)CC1. The Labute approximate surface area is 231 Å². The van der Waals surface area contributed by atoms with Crippen LogP contribution in [0.3, 0.4) is 0 Å². The van der Waals surface area contributed by atoms with Crippen LogP contribution in [-0.4, -0.2) is 59.7 Å². The third kappa shape index (κ3) is 6.45. The van der Waals surface area contributed by atoms with E-state index in [9.17, 15) is 14.0 Å². The summed E-state index contributed by atoms with van der Waals surface area (Å²) in [5, 5.41) is 9.90. The first-order valence-electron chi connectivity index (χ1n) is 12.6. The number of aromatic nitrogens is 2. The van der Waals surface area contributed by atoms with Crippen molar-refractivity contribution < 1.29 is 14.0 Å². The Kier molecular flexibility index (Phi) is 7.90. The molecule has 0 radical (unpaired) electrons. The van der Waals surface area contributed by atoms with E-state index in [4.69, 9.17) is 11.6 Å². The van der Waals surface area contributed by atoms with Crippen molar-refractivity contribution in [3.8, 4) is 0 Å². The molecular weight excluding hydrogens is 519 g/mol. The molecule has 1 aliphatic heterocycles. The monoisotopic (exact) mass is 546 g/mol. The maximum Gasteiger partial charge on any atom is 0.255 e. The molecule has 0 bridgehead atoms. The van der Waals surface area contributed by atoms with Gasteiger partial charge in [-0.1, -0.05) is 23.7 Å². The number of anilines is 3. The highest BCUT2D eigenvalue weighted by Gasteiger charge is 2.20. The summed E-state index contributed by atoms with van der Waals surface area (Å²) >= 11 is 5.89. The molecule has 39 heavy (non-hydrogen) atoms. The molecule has 3 aromatic carbocycles. The fourth-order valence-electron chi connectivity index (χ4n) is 4.41. The van der Waals surface area contributed by atoms with Crippen LogP contribution < -0.4 is 15.5 Å². The van der Waals surface area contributed by atoms with Gasteiger partial charge in [-0.3, -0.25) is 14.3 Å². The summed E-state index contributed by atoms with van der Waals surface area (Å²) in [6, 6.07) is 18.5. The first kappa shape index (κ1) is 26.4. The molecule has 2 amide bonds. The summed E-state index contributed by atoms with van der Waals surface area (Å²) < 4.78 is 15.5. The van der Waals surface area contributed by atoms with E-state index >= 15 is 0 Å². The van der Waals surface area contributed by atoms with Crippen LogP contribution in [0.2, 0.25) is 5.02 Å². The quantitative estimate of drug-likeness (QED) is 0.342. The predicted octanol–water partition coefficient (Wildman–Crippen LogP) is 4.98. The van der Waals surface area contributed by atoms with Crippen molar-refractivity contribution in [2.45, 2.75) is 6.54 Å². The first-order chi connectivity index (χ1) is 18.9. The Hall–Kier alpha value is -4.21. The summed E-state index contributed by atoms with van der Waals surface area (Å²) in [5.74, 6) is -1.35. The molecule has 1 aliphatic rings. The number of nitrogens with zero attached hydrogens (tertiary/aromatic N) is 4. The maximum atomic E-state index is 13.6. The summed E-state index contributed by atoms with van der Waals surface area (Å²) in [6.45, 7) is 3.94. The van der Waals surface area contributed by atoms with Gasteiger partial charge in [0.15, 0.2) is 0 Å². The number of piperazine rings is 1. The number of carbonyl (C=O) groups excluding carboxylic acids is 2. The molecule has 1 saturated heterocycles. The molecule has 1 fully saturated rings. The number of amides is 2. The lowest BCUT2D eigenvalue weighted by molar-refractivity contribution is 0.101. The zero-order chi connectivity index (χ0) is 27.4. The smallest absolute Gasteiger partial charge is 0.255 e. The lowest BCUT2D eigenvalue weighted by atomic mass is 10.1. The lowest BCUT2D eigenvalue weighted by Crippen LogP contribution is -2.44. The Morgan fingerprint density at radius 3 is 2.31 bits per heavy atom. The van der Waals surface area contributed by atoms with Crippen molar-refractivity contribution in [3.05, 3.63) is 107 Å². The van der Waals surface area contributed by atoms with E-state index in [0.717, 1.165) is 43.5 Å². The number of carbonyl (C=O) groups is 2. The van der Waals surface area contributed by atoms with Crippen LogP contribution in [-0.2, 0) is 6.54 Å². The number of nitrogens with one attached hydrogen (secondary N) is 2. The van der Waals surface area contributed by atoms with Gasteiger partial charge < -0.3 is 20.4 Å². The second-order valence-corrected chi connectivity index (χ2v) is 9.87. The average molecular weight is 547 g/mol. The molecule has 0 aliphatic carbocycles. The fourth-order valence-corrected chi connectivity index (χ4v) is 4.59. The molecular formula is C29H28ClFN6O2. The van der Waals surface area contributed by atoms with E-state index in [1.165, 1.54) is 12.1 Å². The Morgan fingerprint density at radius 2 is 1.62 bits per heavy atom. The first-order valence-corrected chi connectivity index (χ1v) is 13.0. The third-order valence-electron chi connectivity index (χ3n) is 6.65. The maximum absolute atomic E-state index is 13.6. The largest absolute Gasteiger partial charge is 0.367 e. The fraction of sp³-hybridized carbons (Fsp3) is 0.207. The third-order valence-corrected chi connectivity index (χ3v) is 6.94. The molecule has 0 unspecified atom stereocenters. The van der Waals surface area contributed by atoms with Crippen molar-refractivity contribution >= 4 is 40.5 Å². The molecule has 0 saturated carbocycles. The van der Waals surface area contributed by atoms with E-state index in [1.54, 1.807) is 18.3 Å². The van der Waals surface area contributed by atoms with Crippen LogP contribution in [0.15, 0.2) is 79.1 Å². The number of hydrogen-bond donors (Lipinski definition) is 2. The van der Waals surface area contributed by atoms with Gasteiger partial charge in [0, 0.05) is 55.4 Å². The summed E-state index contributed by atoms with van der Waals surface area (Å²) in [4.78, 5) is 30.6. The van der Waals surface area contributed by atoms with Gasteiger partial charge in [-0.25, -0.2) is 4.39 Å². The summed E-state index contributed by atoms with van der Waals surface area (Å²) in [5.41, 5.74) is 3.62. The van der Waals surface area contributed by atoms with Crippen LogP contribution in [0.5, 0.6) is 0 Å². The van der Waals surface area contributed by atoms with Gasteiger partial charge in [-0.15, -0.1) is 0 Å². The van der Waals surface area contributed by atoms with Gasteiger partial charge in [0.05, 0.1) is 22.9 Å². The normalized spacial score (nSPS) is 13.8. The molecule has 0 atom stereocenters. The van der Waals surface area contributed by atoms with Crippen molar-refractivity contribution in [2.75, 3.05) is 48.8 Å². The number of halogens is 2. The van der Waals surface area contributed by atoms with E-state index in [1.807, 2.05) is 47.3 Å². The second-order valence-electron chi connectivity index (χ2n) is 9.46. The van der Waals surface area contributed by atoms with Gasteiger partial charge >= 0.3 is 0 Å². The Balaban J connectivity index is 1.36. The molecule has 4 aromatic rings. The van der Waals surface area contributed by atoms with Crippen molar-refractivity contribution in [2.24, 2.45) is 0 Å². The van der Waals surface area contributed by atoms with E-state index in [-0.39, 0.29) is 16.5 Å². The molecule has 10 heteroatoms. The molecule has 0 spiro atoms. The number of rotatable bonds is 7. The standard InChI is InChI=1S/C29H28ClFN6O2/c1-35-13-15-36(16-14-35)27-10-6-22(18-26(27)34-29(39)21-5-9-25(31)24(30)17-21)28(38)33-23-7-3-20(4-8-23)19-37-12-2-11-32-37/h2-12,17-18H,13-16,19H2,1H3,(H,33,38)(H,34,39). The highest BCUT2D eigenvalue weighted by atomic mass is 35.5. The number of benzene rings is 3. The van der Waals surface area contributed by atoms with Crippen LogP contribution in [0.4, 0.5) is 21.5 Å². The molecule has 1 aromatic heterocycles. The Bertz CT molecular complexity index is 1470. The molecule has 8 nitrogen and oxygen atoms in total. The van der Waals surface area contributed by atoms with Gasteiger partial charge in [0.25, 0.3) is 11.8 Å². The Morgan fingerprint density at radius 1 is 0.923 bits per heavy atom.